The van der Waals surface area contributed by atoms with Crippen LogP contribution in [0, 0.1) is 0 Å². The highest BCUT2D eigenvalue weighted by atomic mass is 35.5. The first-order chi connectivity index (χ1) is 13.5. The smallest absolute Gasteiger partial charge is 0.283 e. The minimum absolute atomic E-state index is 0.0780. The molecule has 5 nitrogen and oxygen atoms in total. The Balaban J connectivity index is 2.68. The summed E-state index contributed by atoms with van der Waals surface area (Å²) in [5, 5.41) is 20.1. The molecule has 3 N–H and O–H groups in total. The molecule has 0 radical (unpaired) electrons. The van der Waals surface area contributed by atoms with Crippen molar-refractivity contribution in [2.75, 3.05) is 0 Å². The van der Waals surface area contributed by atoms with Gasteiger partial charge in [-0.1, -0.05) is 70.7 Å². The summed E-state index contributed by atoms with van der Waals surface area (Å²) in [6.45, 7) is 0. The second kappa shape index (κ2) is 7.87. The molecule has 0 aliphatic heterocycles. The van der Waals surface area contributed by atoms with Gasteiger partial charge in [0.05, 0.1) is 15.1 Å². The predicted octanol–water partition coefficient (Wildman–Crippen LogP) is 5.89. The van der Waals surface area contributed by atoms with Gasteiger partial charge in [-0.25, -0.2) is 0 Å². The van der Waals surface area contributed by atoms with E-state index in [2.05, 4.69) is 0 Å². The van der Waals surface area contributed by atoms with Gasteiger partial charge in [-0.2, -0.15) is 8.42 Å². The number of phenolic OH excluding ortho intramolecular Hbond substituents is 2. The number of hydrogen-bond donors (Lipinski definition) is 3. The van der Waals surface area contributed by atoms with Crippen LogP contribution in [0.1, 0.15) is 16.7 Å². The van der Waals surface area contributed by atoms with Gasteiger partial charge in [-0.15, -0.1) is 0 Å². The average molecular weight is 494 g/mol. The Bertz CT molecular complexity index is 1210. The van der Waals surface area contributed by atoms with Crippen molar-refractivity contribution in [3.63, 3.8) is 0 Å². The lowest BCUT2D eigenvalue weighted by atomic mass is 9.83. The molecule has 0 amide bonds. The lowest BCUT2D eigenvalue weighted by Gasteiger charge is -2.34. The Labute approximate surface area is 186 Å². The maximum absolute atomic E-state index is 13.0. The van der Waals surface area contributed by atoms with Crippen molar-refractivity contribution < 1.29 is 23.2 Å². The van der Waals surface area contributed by atoms with Crippen LogP contribution in [0.5, 0.6) is 11.5 Å². The van der Waals surface area contributed by atoms with Crippen LogP contribution in [-0.2, 0) is 14.9 Å². The molecular formula is C19H12Cl4O5S. The van der Waals surface area contributed by atoms with Crippen LogP contribution in [0.2, 0.25) is 20.1 Å². The molecule has 10 heteroatoms. The molecule has 1 unspecified atom stereocenters. The fraction of sp³-hybridized carbons (Fsp3) is 0.0526. The van der Waals surface area contributed by atoms with Crippen molar-refractivity contribution in [3.8, 4) is 11.5 Å². The van der Waals surface area contributed by atoms with Crippen LogP contribution in [0.25, 0.3) is 0 Å². The van der Waals surface area contributed by atoms with Gasteiger partial charge in [0.1, 0.15) is 11.5 Å². The molecule has 0 saturated carbocycles. The summed E-state index contributed by atoms with van der Waals surface area (Å²) >= 11 is 24.7. The quantitative estimate of drug-likeness (QED) is 0.311. The van der Waals surface area contributed by atoms with E-state index in [1.165, 1.54) is 48.5 Å². The van der Waals surface area contributed by atoms with Crippen LogP contribution < -0.4 is 0 Å². The zero-order chi connectivity index (χ0) is 21.6. The van der Waals surface area contributed by atoms with Crippen LogP contribution >= 0.6 is 46.4 Å². The fourth-order valence-electron chi connectivity index (χ4n) is 3.23. The molecule has 0 aliphatic carbocycles. The third kappa shape index (κ3) is 3.54. The molecule has 0 fully saturated rings. The Morgan fingerprint density at radius 1 is 0.793 bits per heavy atom. The van der Waals surface area contributed by atoms with Crippen LogP contribution in [0.15, 0.2) is 54.6 Å². The van der Waals surface area contributed by atoms with E-state index < -0.39 is 31.9 Å². The van der Waals surface area contributed by atoms with Gasteiger partial charge in [-0.3, -0.25) is 4.55 Å². The highest BCUT2D eigenvalue weighted by Gasteiger charge is 2.53. The van der Waals surface area contributed by atoms with E-state index in [0.717, 1.165) is 6.07 Å². The molecule has 0 heterocycles. The molecule has 0 bridgehead atoms. The normalized spacial score (nSPS) is 13.8. The Kier molecular flexibility index (Phi) is 5.98. The first-order valence-corrected chi connectivity index (χ1v) is 10.9. The number of hydrogen-bond acceptors (Lipinski definition) is 4. The molecule has 0 aromatic heterocycles. The van der Waals surface area contributed by atoms with Crippen molar-refractivity contribution in [2.24, 2.45) is 0 Å². The maximum atomic E-state index is 13.0. The van der Waals surface area contributed by atoms with Gasteiger partial charge in [0.2, 0.25) is 0 Å². The molecule has 1 atom stereocenters. The van der Waals surface area contributed by atoms with Gasteiger partial charge in [0.25, 0.3) is 10.1 Å². The van der Waals surface area contributed by atoms with Gasteiger partial charge >= 0.3 is 0 Å². The molecule has 152 valence electrons. The first kappa shape index (κ1) is 22.0. The topological polar surface area (TPSA) is 94.8 Å². The minimum Gasteiger partial charge on any atom is -0.508 e. The number of rotatable bonds is 4. The van der Waals surface area contributed by atoms with E-state index in [4.69, 9.17) is 46.4 Å². The third-order valence-electron chi connectivity index (χ3n) is 4.40. The zero-order valence-electron chi connectivity index (χ0n) is 14.3. The van der Waals surface area contributed by atoms with Crippen molar-refractivity contribution in [1.29, 1.82) is 0 Å². The molecule has 0 saturated heterocycles. The van der Waals surface area contributed by atoms with Gasteiger partial charge in [-0.05, 0) is 35.9 Å². The number of benzene rings is 3. The van der Waals surface area contributed by atoms with Crippen molar-refractivity contribution >= 4 is 56.5 Å². The number of phenols is 2. The zero-order valence-corrected chi connectivity index (χ0v) is 18.1. The Hall–Kier alpha value is -1.67. The highest BCUT2D eigenvalue weighted by molar-refractivity contribution is 7.87. The maximum Gasteiger partial charge on any atom is 0.283 e. The lowest BCUT2D eigenvalue weighted by molar-refractivity contribution is 0.439. The summed E-state index contributed by atoms with van der Waals surface area (Å²) in [4.78, 5) is 0. The monoisotopic (exact) mass is 492 g/mol. The average Bonchev–Trinajstić information content (AvgIpc) is 2.64. The summed E-state index contributed by atoms with van der Waals surface area (Å²) in [7, 11) is -5.16. The fourth-order valence-corrected chi connectivity index (χ4v) is 5.59. The minimum atomic E-state index is -5.16. The second-order valence-electron chi connectivity index (χ2n) is 6.06. The summed E-state index contributed by atoms with van der Waals surface area (Å²) in [5.41, 5.74) is -0.785. The van der Waals surface area contributed by atoms with Crippen LogP contribution in [0.4, 0.5) is 0 Å². The largest absolute Gasteiger partial charge is 0.508 e. The van der Waals surface area contributed by atoms with E-state index in [1.807, 2.05) is 0 Å². The molecular weight excluding hydrogens is 482 g/mol. The van der Waals surface area contributed by atoms with Gasteiger partial charge < -0.3 is 10.2 Å². The van der Waals surface area contributed by atoms with E-state index in [9.17, 15) is 23.2 Å². The molecule has 3 aromatic rings. The van der Waals surface area contributed by atoms with Gasteiger partial charge in [0.15, 0.2) is 4.75 Å². The predicted molar refractivity (Wildman–Crippen MR) is 114 cm³/mol. The van der Waals surface area contributed by atoms with E-state index in [0.29, 0.717) is 0 Å². The summed E-state index contributed by atoms with van der Waals surface area (Å²) in [5.74, 6) is -1.02. The second-order valence-corrected chi connectivity index (χ2v) is 9.22. The Morgan fingerprint density at radius 3 is 2.07 bits per heavy atom. The SMILES string of the molecule is O=S(=O)(O)C(c1cccc(Cl)c1)(c1cccc(O)c1Cl)c1c(O)ccc(Cl)c1Cl. The molecule has 3 aromatic carbocycles. The third-order valence-corrected chi connectivity index (χ3v) is 7.27. The highest BCUT2D eigenvalue weighted by Crippen LogP contribution is 2.53. The van der Waals surface area contributed by atoms with Gasteiger partial charge in [0, 0.05) is 16.1 Å². The summed E-state index contributed by atoms with van der Waals surface area (Å²) in [6.07, 6.45) is 0. The summed E-state index contributed by atoms with van der Waals surface area (Å²) < 4.78 is 34.0. The van der Waals surface area contributed by atoms with E-state index in [1.54, 1.807) is 0 Å². The molecule has 0 spiro atoms. The number of aromatic hydroxyl groups is 2. The summed E-state index contributed by atoms with van der Waals surface area (Å²) in [6, 6.07) is 11.8. The Morgan fingerprint density at radius 2 is 1.45 bits per heavy atom. The molecule has 0 aliphatic rings. The van der Waals surface area contributed by atoms with Crippen molar-refractivity contribution in [3.05, 3.63) is 91.4 Å². The van der Waals surface area contributed by atoms with E-state index >= 15 is 0 Å². The van der Waals surface area contributed by atoms with Crippen molar-refractivity contribution in [2.45, 2.75) is 4.75 Å². The van der Waals surface area contributed by atoms with Crippen molar-refractivity contribution in [1.82, 2.24) is 0 Å². The first-order valence-electron chi connectivity index (χ1n) is 7.90. The molecule has 3 rings (SSSR count). The number of halogens is 4. The molecule has 29 heavy (non-hydrogen) atoms. The van der Waals surface area contributed by atoms with Crippen LogP contribution in [0.3, 0.4) is 0 Å². The van der Waals surface area contributed by atoms with E-state index in [-0.39, 0.29) is 31.2 Å². The van der Waals surface area contributed by atoms with Crippen LogP contribution in [-0.4, -0.2) is 23.2 Å². The standard InChI is InChI=1S/C19H12Cl4O5S/c20-11-4-1-3-10(9-11)19(29(26,27)28,12-5-2-6-15(25)17(12)22)16-14(24)8-7-13(21)18(16)23/h1-9,24-25H,(H,26,27,28). The lowest BCUT2D eigenvalue weighted by Crippen LogP contribution is -2.39.